The summed E-state index contributed by atoms with van der Waals surface area (Å²) in [7, 11) is 0. The molecule has 5 heteroatoms. The van der Waals surface area contributed by atoms with Crippen molar-refractivity contribution < 1.29 is 14.7 Å². The number of carboxylic acids is 1. The molecule has 0 aliphatic carbocycles. The van der Waals surface area contributed by atoms with Crippen molar-refractivity contribution in [2.75, 3.05) is 13.1 Å². The minimum absolute atomic E-state index is 0.0946. The summed E-state index contributed by atoms with van der Waals surface area (Å²) in [6, 6.07) is 0. The Kier molecular flexibility index (Phi) is 3.68. The molecule has 86 valence electrons. The number of aliphatic carboxylic acids is 1. The van der Waals surface area contributed by atoms with Gasteiger partial charge in [-0.25, -0.2) is 4.79 Å². The summed E-state index contributed by atoms with van der Waals surface area (Å²) < 4.78 is 0. The molecule has 1 fully saturated rings. The van der Waals surface area contributed by atoms with Gasteiger partial charge in [-0.2, -0.15) is 0 Å². The fraction of sp³-hybridized carbons (Fsp3) is 0.800. The number of carbonyl (C=O) groups is 2. The minimum Gasteiger partial charge on any atom is -0.480 e. The number of hydrogen-bond acceptors (Lipinski definition) is 3. The molecule has 15 heavy (non-hydrogen) atoms. The third kappa shape index (κ3) is 2.28. The zero-order chi connectivity index (χ0) is 11.5. The fourth-order valence-electron chi connectivity index (χ4n) is 1.97. The Morgan fingerprint density at radius 2 is 2.20 bits per heavy atom. The predicted molar refractivity (Wildman–Crippen MR) is 55.3 cm³/mol. The van der Waals surface area contributed by atoms with E-state index in [0.29, 0.717) is 32.4 Å². The normalized spacial score (nSPS) is 25.6. The van der Waals surface area contributed by atoms with Gasteiger partial charge in [-0.05, 0) is 32.7 Å². The van der Waals surface area contributed by atoms with Gasteiger partial charge in [0.15, 0.2) is 0 Å². The summed E-state index contributed by atoms with van der Waals surface area (Å²) in [6.07, 6.45) is 2.26. The molecule has 0 radical (unpaired) electrons. The number of rotatable bonds is 4. The Bertz CT molecular complexity index is 267. The molecule has 1 heterocycles. The molecule has 1 amide bonds. The highest BCUT2D eigenvalue weighted by atomic mass is 16.4. The highest BCUT2D eigenvalue weighted by molar-refractivity contribution is 5.87. The van der Waals surface area contributed by atoms with Crippen LogP contribution >= 0.6 is 0 Å². The van der Waals surface area contributed by atoms with Gasteiger partial charge in [0.05, 0.1) is 0 Å². The zero-order valence-corrected chi connectivity index (χ0v) is 9.03. The summed E-state index contributed by atoms with van der Waals surface area (Å²) in [4.78, 5) is 24.3. The van der Waals surface area contributed by atoms with Gasteiger partial charge >= 0.3 is 5.97 Å². The lowest BCUT2D eigenvalue weighted by molar-refractivity contribution is -0.155. The zero-order valence-electron chi connectivity index (χ0n) is 9.03. The van der Waals surface area contributed by atoms with Crippen molar-refractivity contribution in [3.63, 3.8) is 0 Å². The molecule has 5 nitrogen and oxygen atoms in total. The Morgan fingerprint density at radius 1 is 1.53 bits per heavy atom. The summed E-state index contributed by atoms with van der Waals surface area (Å²) >= 11 is 0. The van der Waals surface area contributed by atoms with E-state index in [1.54, 1.807) is 6.92 Å². The van der Waals surface area contributed by atoms with Crippen molar-refractivity contribution in [2.24, 2.45) is 5.73 Å². The lowest BCUT2D eigenvalue weighted by atomic mass is 9.99. The first-order chi connectivity index (χ1) is 7.02. The van der Waals surface area contributed by atoms with Crippen molar-refractivity contribution in [2.45, 2.75) is 38.1 Å². The van der Waals surface area contributed by atoms with Gasteiger partial charge < -0.3 is 15.7 Å². The highest BCUT2D eigenvalue weighted by Crippen LogP contribution is 2.29. The number of likely N-dealkylation sites (tertiary alicyclic amines) is 1. The number of carbonyl (C=O) groups excluding carboxylic acids is 1. The molecule has 1 aliphatic heterocycles. The van der Waals surface area contributed by atoms with Crippen LogP contribution in [0.3, 0.4) is 0 Å². The second kappa shape index (κ2) is 4.61. The van der Waals surface area contributed by atoms with Crippen LogP contribution in [-0.2, 0) is 9.59 Å². The average Bonchev–Trinajstić information content (AvgIpc) is 2.58. The van der Waals surface area contributed by atoms with Crippen LogP contribution in [0.5, 0.6) is 0 Å². The van der Waals surface area contributed by atoms with Crippen LogP contribution in [0, 0.1) is 0 Å². The molecule has 0 aromatic rings. The van der Waals surface area contributed by atoms with E-state index < -0.39 is 11.5 Å². The van der Waals surface area contributed by atoms with Gasteiger partial charge in [0.25, 0.3) is 0 Å². The largest absolute Gasteiger partial charge is 0.480 e. The Morgan fingerprint density at radius 3 is 2.73 bits per heavy atom. The lowest BCUT2D eigenvalue weighted by Crippen LogP contribution is -2.50. The van der Waals surface area contributed by atoms with Gasteiger partial charge in [-0.15, -0.1) is 0 Å². The van der Waals surface area contributed by atoms with Crippen LogP contribution in [-0.4, -0.2) is 40.5 Å². The Balaban J connectivity index is 2.68. The summed E-state index contributed by atoms with van der Waals surface area (Å²) in [5, 5.41) is 9.10. The van der Waals surface area contributed by atoms with Gasteiger partial charge in [-0.3, -0.25) is 4.79 Å². The van der Waals surface area contributed by atoms with Crippen molar-refractivity contribution in [1.82, 2.24) is 4.90 Å². The van der Waals surface area contributed by atoms with Gasteiger partial charge in [0, 0.05) is 13.0 Å². The van der Waals surface area contributed by atoms with E-state index in [4.69, 9.17) is 10.8 Å². The maximum atomic E-state index is 11.7. The molecule has 0 spiro atoms. The van der Waals surface area contributed by atoms with E-state index >= 15 is 0 Å². The maximum Gasteiger partial charge on any atom is 0.329 e. The quantitative estimate of drug-likeness (QED) is 0.699. The number of amides is 1. The minimum atomic E-state index is -1.01. The van der Waals surface area contributed by atoms with Crippen molar-refractivity contribution in [3.8, 4) is 0 Å². The third-order valence-electron chi connectivity index (χ3n) is 3.00. The fourth-order valence-corrected chi connectivity index (χ4v) is 1.97. The number of nitrogens with two attached hydrogens (primary N) is 1. The monoisotopic (exact) mass is 214 g/mol. The van der Waals surface area contributed by atoms with Gasteiger partial charge in [0.1, 0.15) is 5.54 Å². The molecule has 0 aromatic carbocycles. The molecule has 0 bridgehead atoms. The standard InChI is InChI=1S/C10H18N2O3/c1-10(9(14)15)5-3-7-12(10)8(13)4-2-6-11/h2-7,11H2,1H3,(H,14,15). The Hall–Kier alpha value is -1.10. The molecule has 0 saturated carbocycles. The smallest absolute Gasteiger partial charge is 0.329 e. The molecule has 3 N–H and O–H groups in total. The molecule has 1 rings (SSSR count). The van der Waals surface area contributed by atoms with Crippen molar-refractivity contribution in [3.05, 3.63) is 0 Å². The summed E-state index contributed by atoms with van der Waals surface area (Å²) in [5.41, 5.74) is 4.31. The van der Waals surface area contributed by atoms with Crippen LogP contribution in [0.4, 0.5) is 0 Å². The van der Waals surface area contributed by atoms with E-state index in [1.165, 1.54) is 4.90 Å². The van der Waals surface area contributed by atoms with Crippen LogP contribution in [0.25, 0.3) is 0 Å². The second-order valence-electron chi connectivity index (χ2n) is 4.12. The number of nitrogens with zero attached hydrogens (tertiary/aromatic N) is 1. The molecule has 1 aliphatic rings. The van der Waals surface area contributed by atoms with Crippen LogP contribution < -0.4 is 5.73 Å². The first kappa shape index (κ1) is 12.0. The molecule has 1 atom stereocenters. The van der Waals surface area contributed by atoms with Gasteiger partial charge in [0.2, 0.25) is 5.91 Å². The topological polar surface area (TPSA) is 83.6 Å². The number of carboxylic acid groups (broad SMARTS) is 1. The lowest BCUT2D eigenvalue weighted by Gasteiger charge is -2.31. The van der Waals surface area contributed by atoms with Crippen molar-refractivity contribution >= 4 is 11.9 Å². The molecule has 0 aromatic heterocycles. The van der Waals surface area contributed by atoms with E-state index in [1.807, 2.05) is 0 Å². The van der Waals surface area contributed by atoms with Crippen LogP contribution in [0.1, 0.15) is 32.6 Å². The SMILES string of the molecule is CC1(C(=O)O)CCCN1C(=O)CCCN. The second-order valence-corrected chi connectivity index (χ2v) is 4.12. The average molecular weight is 214 g/mol. The summed E-state index contributed by atoms with van der Waals surface area (Å²) in [6.45, 7) is 2.62. The highest BCUT2D eigenvalue weighted by Gasteiger charge is 2.45. The maximum absolute atomic E-state index is 11.7. The number of hydrogen-bond donors (Lipinski definition) is 2. The van der Waals surface area contributed by atoms with E-state index in [0.717, 1.165) is 6.42 Å². The van der Waals surface area contributed by atoms with Crippen LogP contribution in [0.15, 0.2) is 0 Å². The van der Waals surface area contributed by atoms with Gasteiger partial charge in [-0.1, -0.05) is 0 Å². The van der Waals surface area contributed by atoms with Crippen LogP contribution in [0.2, 0.25) is 0 Å². The third-order valence-corrected chi connectivity index (χ3v) is 3.00. The summed E-state index contributed by atoms with van der Waals surface area (Å²) in [5.74, 6) is -1.01. The predicted octanol–water partition coefficient (Wildman–Crippen LogP) is 0.191. The molecular weight excluding hydrogens is 196 g/mol. The van der Waals surface area contributed by atoms with E-state index in [-0.39, 0.29) is 5.91 Å². The Labute approximate surface area is 89.2 Å². The first-order valence-electron chi connectivity index (χ1n) is 5.26. The van der Waals surface area contributed by atoms with E-state index in [9.17, 15) is 9.59 Å². The first-order valence-corrected chi connectivity index (χ1v) is 5.26. The molecule has 1 saturated heterocycles. The van der Waals surface area contributed by atoms with E-state index in [2.05, 4.69) is 0 Å². The van der Waals surface area contributed by atoms with Crippen molar-refractivity contribution in [1.29, 1.82) is 0 Å². The molecule has 1 unspecified atom stereocenters. The molecular formula is C10H18N2O3.